The fourth-order valence-corrected chi connectivity index (χ4v) is 3.66. The zero-order chi connectivity index (χ0) is 15.8. The van der Waals surface area contributed by atoms with Crippen LogP contribution >= 0.6 is 0 Å². The normalized spacial score (nSPS) is 23.8. The third-order valence-electron chi connectivity index (χ3n) is 4.84. The fourth-order valence-electron chi connectivity index (χ4n) is 3.66. The molecule has 1 saturated heterocycles. The molecule has 23 heavy (non-hydrogen) atoms. The highest BCUT2D eigenvalue weighted by atomic mass is 16.5. The molecule has 1 amide bonds. The number of amides is 1. The van der Waals surface area contributed by atoms with Crippen LogP contribution in [0, 0.1) is 0 Å². The third-order valence-corrected chi connectivity index (χ3v) is 4.84. The number of aryl methyl sites for hydroxylation is 1. The first-order valence-electron chi connectivity index (χ1n) is 8.19. The van der Waals surface area contributed by atoms with Gasteiger partial charge in [0.15, 0.2) is 0 Å². The lowest BCUT2D eigenvalue weighted by molar-refractivity contribution is -0.142. The minimum absolute atomic E-state index is 0.130. The molecular weight excluding hydrogens is 290 g/mol. The predicted octanol–water partition coefficient (Wildman–Crippen LogP) is 2.07. The molecule has 0 bridgehead atoms. The minimum atomic E-state index is -0.255. The second-order valence-electron chi connectivity index (χ2n) is 6.42. The highest BCUT2D eigenvalue weighted by molar-refractivity contribution is 5.81. The summed E-state index contributed by atoms with van der Waals surface area (Å²) in [5, 5.41) is 4.30. The molecule has 120 valence electrons. The summed E-state index contributed by atoms with van der Waals surface area (Å²) in [6.07, 6.45) is 5.51. The first-order valence-corrected chi connectivity index (χ1v) is 8.19. The molecule has 0 unspecified atom stereocenters. The average Bonchev–Trinajstić information content (AvgIpc) is 3.24. The van der Waals surface area contributed by atoms with Crippen LogP contribution in [0.3, 0.4) is 0 Å². The maximum absolute atomic E-state index is 12.8. The van der Waals surface area contributed by atoms with E-state index in [-0.39, 0.29) is 17.9 Å². The van der Waals surface area contributed by atoms with Gasteiger partial charge >= 0.3 is 0 Å². The van der Waals surface area contributed by atoms with E-state index in [9.17, 15) is 4.79 Å². The van der Waals surface area contributed by atoms with Gasteiger partial charge in [-0.3, -0.25) is 9.48 Å². The highest BCUT2D eigenvalue weighted by Gasteiger charge is 2.34. The first-order chi connectivity index (χ1) is 11.2. The Bertz CT molecular complexity index is 719. The molecule has 2 aromatic rings. The number of fused-ring (bicyclic) bond motifs is 1. The van der Waals surface area contributed by atoms with Crippen molar-refractivity contribution >= 4 is 5.91 Å². The smallest absolute Gasteiger partial charge is 0.252 e. The molecule has 0 aliphatic carbocycles. The van der Waals surface area contributed by atoms with Crippen molar-refractivity contribution in [2.45, 2.75) is 31.4 Å². The number of benzene rings is 1. The monoisotopic (exact) mass is 311 g/mol. The summed E-state index contributed by atoms with van der Waals surface area (Å²) in [6, 6.07) is 8.40. The lowest BCUT2D eigenvalue weighted by Crippen LogP contribution is -2.43. The second-order valence-corrected chi connectivity index (χ2v) is 6.42. The first kappa shape index (κ1) is 14.5. The lowest BCUT2D eigenvalue weighted by Gasteiger charge is -2.35. The van der Waals surface area contributed by atoms with Crippen molar-refractivity contribution in [2.24, 2.45) is 7.05 Å². The number of carbonyl (C=O) groups is 1. The van der Waals surface area contributed by atoms with Crippen LogP contribution in [-0.2, 0) is 23.1 Å². The Labute approximate surface area is 135 Å². The molecule has 1 aromatic heterocycles. The molecule has 2 aliphatic heterocycles. The van der Waals surface area contributed by atoms with E-state index in [1.54, 1.807) is 0 Å². The Morgan fingerprint density at radius 1 is 1.35 bits per heavy atom. The van der Waals surface area contributed by atoms with E-state index >= 15 is 0 Å². The third kappa shape index (κ3) is 2.65. The zero-order valence-corrected chi connectivity index (χ0v) is 13.3. The lowest BCUT2D eigenvalue weighted by atomic mass is 9.86. The van der Waals surface area contributed by atoms with E-state index in [0.29, 0.717) is 19.7 Å². The van der Waals surface area contributed by atoms with E-state index in [2.05, 4.69) is 23.3 Å². The van der Waals surface area contributed by atoms with Gasteiger partial charge in [0.25, 0.3) is 5.91 Å². The molecule has 0 radical (unpaired) electrons. The molecule has 4 rings (SSSR count). The standard InChI is InChI=1S/C18H21N3O2/c1-20-10-14(9-19-20)16-12-21(18(22)17-7-4-8-23-17)11-13-5-2-3-6-15(13)16/h2-3,5-6,9-10,16-17H,4,7-8,11-12H2,1H3/t16-,17-/m0/s1. The van der Waals surface area contributed by atoms with Crippen molar-refractivity contribution in [2.75, 3.05) is 13.2 Å². The van der Waals surface area contributed by atoms with E-state index in [1.165, 1.54) is 11.1 Å². The Hall–Kier alpha value is -2.14. The highest BCUT2D eigenvalue weighted by Crippen LogP contribution is 2.34. The van der Waals surface area contributed by atoms with Crippen molar-refractivity contribution in [3.05, 3.63) is 53.3 Å². The minimum Gasteiger partial charge on any atom is -0.368 e. The van der Waals surface area contributed by atoms with Crippen molar-refractivity contribution in [1.82, 2.24) is 14.7 Å². The molecule has 0 N–H and O–H groups in total. The maximum atomic E-state index is 12.8. The molecular formula is C18H21N3O2. The Morgan fingerprint density at radius 3 is 2.96 bits per heavy atom. The second kappa shape index (κ2) is 5.81. The predicted molar refractivity (Wildman–Crippen MR) is 85.9 cm³/mol. The van der Waals surface area contributed by atoms with E-state index in [4.69, 9.17) is 4.74 Å². The largest absolute Gasteiger partial charge is 0.368 e. The quantitative estimate of drug-likeness (QED) is 0.853. The van der Waals surface area contributed by atoms with Crippen LogP contribution in [0.25, 0.3) is 0 Å². The van der Waals surface area contributed by atoms with Crippen molar-refractivity contribution in [1.29, 1.82) is 0 Å². The summed E-state index contributed by atoms with van der Waals surface area (Å²) in [4.78, 5) is 14.7. The SMILES string of the molecule is Cn1cc([C@@H]2CN(C(=O)[C@@H]3CCCO3)Cc3ccccc32)cn1. The van der Waals surface area contributed by atoms with Gasteiger partial charge in [0.1, 0.15) is 6.10 Å². The number of carbonyl (C=O) groups excluding carboxylic acids is 1. The molecule has 5 heteroatoms. The number of aromatic nitrogens is 2. The summed E-state index contributed by atoms with van der Waals surface area (Å²) >= 11 is 0. The summed E-state index contributed by atoms with van der Waals surface area (Å²) < 4.78 is 7.41. The van der Waals surface area contributed by atoms with E-state index in [0.717, 1.165) is 18.4 Å². The van der Waals surface area contributed by atoms with Crippen molar-refractivity contribution in [3.8, 4) is 0 Å². The number of nitrogens with zero attached hydrogens (tertiary/aromatic N) is 3. The van der Waals surface area contributed by atoms with Gasteiger partial charge in [0.05, 0.1) is 6.20 Å². The van der Waals surface area contributed by atoms with Crippen molar-refractivity contribution in [3.63, 3.8) is 0 Å². The molecule has 0 spiro atoms. The molecule has 5 nitrogen and oxygen atoms in total. The summed E-state index contributed by atoms with van der Waals surface area (Å²) in [7, 11) is 1.92. The van der Waals surface area contributed by atoms with Gasteiger partial charge in [-0.1, -0.05) is 24.3 Å². The van der Waals surface area contributed by atoms with Crippen LogP contribution in [0.4, 0.5) is 0 Å². The van der Waals surface area contributed by atoms with Crippen LogP contribution in [0.5, 0.6) is 0 Å². The van der Waals surface area contributed by atoms with Crippen LogP contribution in [0.2, 0.25) is 0 Å². The number of rotatable bonds is 2. The van der Waals surface area contributed by atoms with E-state index in [1.807, 2.05) is 35.1 Å². The average molecular weight is 311 g/mol. The topological polar surface area (TPSA) is 47.4 Å². The molecule has 2 atom stereocenters. The Balaban J connectivity index is 1.66. The Kier molecular flexibility index (Phi) is 3.65. The van der Waals surface area contributed by atoms with Gasteiger partial charge in [-0.05, 0) is 29.5 Å². The van der Waals surface area contributed by atoms with Crippen LogP contribution in [0.1, 0.15) is 35.4 Å². The summed E-state index contributed by atoms with van der Waals surface area (Å²) in [5.74, 6) is 0.310. The number of ether oxygens (including phenoxy) is 1. The summed E-state index contributed by atoms with van der Waals surface area (Å²) in [5.41, 5.74) is 3.68. The van der Waals surface area contributed by atoms with Gasteiger partial charge < -0.3 is 9.64 Å². The molecule has 1 fully saturated rings. The number of hydrogen-bond donors (Lipinski definition) is 0. The van der Waals surface area contributed by atoms with Gasteiger partial charge in [-0.2, -0.15) is 5.10 Å². The molecule has 3 heterocycles. The van der Waals surface area contributed by atoms with Crippen molar-refractivity contribution < 1.29 is 9.53 Å². The zero-order valence-electron chi connectivity index (χ0n) is 13.3. The van der Waals surface area contributed by atoms with Crippen LogP contribution in [0.15, 0.2) is 36.7 Å². The van der Waals surface area contributed by atoms with Gasteiger partial charge in [0.2, 0.25) is 0 Å². The maximum Gasteiger partial charge on any atom is 0.252 e. The Morgan fingerprint density at radius 2 is 2.22 bits per heavy atom. The molecule has 1 aromatic carbocycles. The van der Waals surface area contributed by atoms with Gasteiger partial charge in [-0.25, -0.2) is 0 Å². The molecule has 0 saturated carbocycles. The van der Waals surface area contributed by atoms with Crippen LogP contribution < -0.4 is 0 Å². The number of hydrogen-bond acceptors (Lipinski definition) is 3. The van der Waals surface area contributed by atoms with Crippen LogP contribution in [-0.4, -0.2) is 39.8 Å². The summed E-state index contributed by atoms with van der Waals surface area (Å²) in [6.45, 7) is 2.07. The van der Waals surface area contributed by atoms with Gasteiger partial charge in [0, 0.05) is 38.9 Å². The van der Waals surface area contributed by atoms with E-state index < -0.39 is 0 Å². The molecule has 2 aliphatic rings. The fraction of sp³-hybridized carbons (Fsp3) is 0.444. The van der Waals surface area contributed by atoms with Gasteiger partial charge in [-0.15, -0.1) is 0 Å².